The molecule has 0 aliphatic heterocycles. The van der Waals surface area contributed by atoms with Crippen LogP contribution in [-0.4, -0.2) is 44.2 Å². The van der Waals surface area contributed by atoms with Crippen LogP contribution in [0.5, 0.6) is 0 Å². The highest BCUT2D eigenvalue weighted by Gasteiger charge is 2.38. The maximum absolute atomic E-state index is 13.8. The lowest BCUT2D eigenvalue weighted by Gasteiger charge is -2.14. The first-order valence-corrected chi connectivity index (χ1v) is 8.41. The second-order valence-electron chi connectivity index (χ2n) is 6.46. The molecule has 1 aromatic carbocycles. The molecule has 154 valence electrons. The number of aliphatic hydroxyl groups is 1. The van der Waals surface area contributed by atoms with Crippen molar-refractivity contribution in [2.24, 2.45) is 0 Å². The van der Waals surface area contributed by atoms with Crippen LogP contribution in [0.15, 0.2) is 29.1 Å². The topological polar surface area (TPSA) is 99.5 Å². The number of benzene rings is 1. The minimum absolute atomic E-state index is 0.0590. The fourth-order valence-corrected chi connectivity index (χ4v) is 2.73. The van der Waals surface area contributed by atoms with E-state index in [2.05, 4.69) is 9.97 Å². The van der Waals surface area contributed by atoms with Gasteiger partial charge in [0.15, 0.2) is 6.10 Å². The van der Waals surface area contributed by atoms with Crippen LogP contribution in [0.4, 0.5) is 17.6 Å². The first-order valence-electron chi connectivity index (χ1n) is 8.41. The molecule has 0 spiro atoms. The van der Waals surface area contributed by atoms with E-state index in [4.69, 9.17) is 5.11 Å². The Morgan fingerprint density at radius 2 is 2.00 bits per heavy atom. The molecule has 0 radical (unpaired) electrons. The number of hydrogen-bond acceptors (Lipinski definition) is 4. The van der Waals surface area contributed by atoms with Gasteiger partial charge in [0.25, 0.3) is 5.91 Å². The molecule has 3 aromatic rings. The summed E-state index contributed by atoms with van der Waals surface area (Å²) in [6.45, 7) is 1.93. The number of alkyl halides is 3. The van der Waals surface area contributed by atoms with Crippen molar-refractivity contribution >= 4 is 11.6 Å². The number of hydrogen-bond donors (Lipinski definition) is 3. The van der Waals surface area contributed by atoms with Gasteiger partial charge < -0.3 is 15.4 Å². The Morgan fingerprint density at radius 3 is 2.62 bits per heavy atom. The van der Waals surface area contributed by atoms with Crippen molar-refractivity contribution in [2.45, 2.75) is 26.1 Å². The van der Waals surface area contributed by atoms with Crippen molar-refractivity contribution in [1.29, 1.82) is 0 Å². The van der Waals surface area contributed by atoms with Crippen LogP contribution in [0, 0.1) is 19.7 Å². The first-order chi connectivity index (χ1) is 13.5. The Balaban J connectivity index is 1.96. The largest absolute Gasteiger partial charge is 0.416 e. The summed E-state index contributed by atoms with van der Waals surface area (Å²) in [6.07, 6.45) is -7.61. The number of aryl methyl sites for hydroxylation is 2. The summed E-state index contributed by atoms with van der Waals surface area (Å²) >= 11 is 0. The number of nitrogens with one attached hydrogen (secondary N) is 2. The third kappa shape index (κ3) is 3.99. The molecule has 3 rings (SSSR count). The lowest BCUT2D eigenvalue weighted by Crippen LogP contribution is -2.41. The number of aliphatic hydroxyl groups excluding tert-OH is 1. The highest BCUT2D eigenvalue weighted by Crippen LogP contribution is 2.22. The zero-order valence-electron chi connectivity index (χ0n) is 15.3. The van der Waals surface area contributed by atoms with E-state index in [0.717, 1.165) is 4.40 Å². The van der Waals surface area contributed by atoms with Crippen molar-refractivity contribution < 1.29 is 27.5 Å². The monoisotopic (exact) mass is 412 g/mol. The number of aromatic amines is 1. The minimum atomic E-state index is -4.88. The van der Waals surface area contributed by atoms with Gasteiger partial charge in [0, 0.05) is 11.6 Å². The van der Waals surface area contributed by atoms with Crippen molar-refractivity contribution in [3.05, 3.63) is 57.5 Å². The molecule has 1 unspecified atom stereocenters. The van der Waals surface area contributed by atoms with Crippen LogP contribution >= 0.6 is 0 Å². The predicted molar refractivity (Wildman–Crippen MR) is 95.1 cm³/mol. The molecule has 2 heterocycles. The lowest BCUT2D eigenvalue weighted by atomic mass is 10.1. The Morgan fingerprint density at radius 1 is 1.31 bits per heavy atom. The molecule has 29 heavy (non-hydrogen) atoms. The van der Waals surface area contributed by atoms with Gasteiger partial charge in [-0.15, -0.1) is 0 Å². The Labute approximate surface area is 161 Å². The molecule has 1 atom stereocenters. The molecule has 2 aromatic heterocycles. The molecule has 0 bridgehead atoms. The third-order valence-corrected chi connectivity index (χ3v) is 4.38. The van der Waals surface area contributed by atoms with Crippen LogP contribution in [0.25, 0.3) is 16.9 Å². The summed E-state index contributed by atoms with van der Waals surface area (Å²) in [5.41, 5.74) is 0.299. The number of amides is 1. The second-order valence-corrected chi connectivity index (χ2v) is 6.46. The molecular formula is C18H16F4N4O3. The normalized spacial score (nSPS) is 12.9. The summed E-state index contributed by atoms with van der Waals surface area (Å²) in [6, 6.07) is 5.79. The van der Waals surface area contributed by atoms with Gasteiger partial charge in [-0.2, -0.15) is 13.2 Å². The van der Waals surface area contributed by atoms with Gasteiger partial charge in [0.1, 0.15) is 17.2 Å². The van der Waals surface area contributed by atoms with Crippen LogP contribution in [0.2, 0.25) is 0 Å². The predicted octanol–water partition coefficient (Wildman–Crippen LogP) is 2.10. The Hall–Kier alpha value is -3.21. The average Bonchev–Trinajstić information content (AvgIpc) is 2.98. The molecule has 0 saturated heterocycles. The molecular weight excluding hydrogens is 396 g/mol. The van der Waals surface area contributed by atoms with Crippen molar-refractivity contribution in [3.8, 4) is 11.3 Å². The van der Waals surface area contributed by atoms with E-state index in [1.165, 1.54) is 25.1 Å². The molecule has 0 aliphatic rings. The number of H-pyrrole nitrogens is 1. The van der Waals surface area contributed by atoms with Crippen LogP contribution < -0.4 is 11.0 Å². The number of aromatic nitrogens is 3. The number of nitrogens with zero attached hydrogens (tertiary/aromatic N) is 2. The molecule has 3 N–H and O–H groups in total. The Kier molecular flexibility index (Phi) is 5.18. The van der Waals surface area contributed by atoms with Gasteiger partial charge in [-0.1, -0.05) is 12.1 Å². The van der Waals surface area contributed by atoms with E-state index in [-0.39, 0.29) is 22.7 Å². The molecule has 7 nitrogen and oxygen atoms in total. The standard InChI is InChI=1S/C18H16F4N4O3/c1-8-3-4-10(5-11(8)19)12-6-14-25-15(9(2)26(14)17(29)24-12)16(28)23-7-13(27)18(20,21)22/h3-6,13,27H,7H2,1-2H3,(H,23,28)(H,24,29). The van der Waals surface area contributed by atoms with Crippen molar-refractivity contribution in [3.63, 3.8) is 0 Å². The first kappa shape index (κ1) is 20.5. The van der Waals surface area contributed by atoms with E-state index in [1.54, 1.807) is 13.0 Å². The van der Waals surface area contributed by atoms with E-state index < -0.39 is 36.2 Å². The quantitative estimate of drug-likeness (QED) is 0.572. The lowest BCUT2D eigenvalue weighted by molar-refractivity contribution is -0.201. The summed E-state index contributed by atoms with van der Waals surface area (Å²) in [4.78, 5) is 31.2. The molecule has 1 amide bonds. The van der Waals surface area contributed by atoms with Gasteiger partial charge in [-0.3, -0.25) is 4.79 Å². The van der Waals surface area contributed by atoms with E-state index in [9.17, 15) is 27.2 Å². The van der Waals surface area contributed by atoms with E-state index in [1.807, 2.05) is 5.32 Å². The summed E-state index contributed by atoms with van der Waals surface area (Å²) in [5, 5.41) is 10.9. The summed E-state index contributed by atoms with van der Waals surface area (Å²) in [7, 11) is 0. The van der Waals surface area contributed by atoms with E-state index >= 15 is 0 Å². The Bertz CT molecular complexity index is 1150. The fourth-order valence-electron chi connectivity index (χ4n) is 2.73. The fraction of sp³-hybridized carbons (Fsp3) is 0.278. The SMILES string of the molecule is Cc1ccc(-c2cc3nc(C(=O)NCC(O)C(F)(F)F)c(C)n3c(=O)[nH]2)cc1F. The highest BCUT2D eigenvalue weighted by atomic mass is 19.4. The van der Waals surface area contributed by atoms with E-state index in [0.29, 0.717) is 11.1 Å². The summed E-state index contributed by atoms with van der Waals surface area (Å²) < 4.78 is 52.0. The summed E-state index contributed by atoms with van der Waals surface area (Å²) in [5.74, 6) is -1.44. The second kappa shape index (κ2) is 7.32. The molecule has 11 heteroatoms. The smallest absolute Gasteiger partial charge is 0.382 e. The van der Waals surface area contributed by atoms with Crippen LogP contribution in [0.1, 0.15) is 21.7 Å². The number of imidazole rings is 1. The number of carbonyl (C=O) groups excluding carboxylic acids is 1. The van der Waals surface area contributed by atoms with Crippen LogP contribution in [-0.2, 0) is 0 Å². The van der Waals surface area contributed by atoms with Gasteiger partial charge in [-0.05, 0) is 25.5 Å². The van der Waals surface area contributed by atoms with Crippen LogP contribution in [0.3, 0.4) is 0 Å². The number of rotatable bonds is 4. The minimum Gasteiger partial charge on any atom is -0.382 e. The number of carbonyl (C=O) groups is 1. The maximum Gasteiger partial charge on any atom is 0.416 e. The van der Waals surface area contributed by atoms with Gasteiger partial charge in [0.05, 0.1) is 17.9 Å². The van der Waals surface area contributed by atoms with Gasteiger partial charge >= 0.3 is 11.9 Å². The number of fused-ring (bicyclic) bond motifs is 1. The zero-order valence-corrected chi connectivity index (χ0v) is 15.3. The zero-order chi connectivity index (χ0) is 21.5. The molecule has 0 saturated carbocycles. The molecule has 0 fully saturated rings. The van der Waals surface area contributed by atoms with Gasteiger partial charge in [0.2, 0.25) is 0 Å². The highest BCUT2D eigenvalue weighted by molar-refractivity contribution is 5.94. The molecule has 0 aliphatic carbocycles. The maximum atomic E-state index is 13.8. The third-order valence-electron chi connectivity index (χ3n) is 4.38. The van der Waals surface area contributed by atoms with Gasteiger partial charge in [-0.25, -0.2) is 18.6 Å². The van der Waals surface area contributed by atoms with Crippen molar-refractivity contribution in [2.75, 3.05) is 6.54 Å². The average molecular weight is 412 g/mol. The van der Waals surface area contributed by atoms with Crippen molar-refractivity contribution in [1.82, 2.24) is 19.7 Å². The number of halogens is 4.